The van der Waals surface area contributed by atoms with Crippen LogP contribution in [0, 0.1) is 0 Å². The molecular formula is C13H17NO6S. The maximum Gasteiger partial charge on any atom is 0.337 e. The molecule has 1 aromatic rings. The van der Waals surface area contributed by atoms with Crippen molar-refractivity contribution < 1.29 is 27.9 Å². The third kappa shape index (κ3) is 4.54. The number of carboxylic acids is 1. The molecule has 0 fully saturated rings. The predicted octanol–water partition coefficient (Wildman–Crippen LogP) is 1.00. The summed E-state index contributed by atoms with van der Waals surface area (Å²) in [5.74, 6) is -1.92. The largest absolute Gasteiger partial charge is 0.480 e. The average Bonchev–Trinajstić information content (AvgIpc) is 2.45. The van der Waals surface area contributed by atoms with Crippen molar-refractivity contribution in [1.29, 1.82) is 0 Å². The van der Waals surface area contributed by atoms with Crippen LogP contribution in [0.5, 0.6) is 0 Å². The van der Waals surface area contributed by atoms with Gasteiger partial charge in [-0.15, -0.1) is 0 Å². The fraction of sp³-hybridized carbons (Fsp3) is 0.385. The highest BCUT2D eigenvalue weighted by molar-refractivity contribution is 7.89. The minimum absolute atomic E-state index is 0.0720. The minimum atomic E-state index is -4.03. The summed E-state index contributed by atoms with van der Waals surface area (Å²) >= 11 is 0. The Kier molecular flexibility index (Phi) is 5.86. The Balaban J connectivity index is 3.07. The summed E-state index contributed by atoms with van der Waals surface area (Å²) in [4.78, 5) is 22.2. The van der Waals surface area contributed by atoms with Crippen molar-refractivity contribution in [2.75, 3.05) is 7.11 Å². The number of methoxy groups -OCH3 is 1. The van der Waals surface area contributed by atoms with Crippen LogP contribution in [-0.2, 0) is 19.6 Å². The molecule has 0 aromatic heterocycles. The molecule has 0 aliphatic heterocycles. The zero-order valence-corrected chi connectivity index (χ0v) is 12.5. The van der Waals surface area contributed by atoms with Crippen molar-refractivity contribution in [3.05, 3.63) is 29.8 Å². The van der Waals surface area contributed by atoms with Crippen LogP contribution in [0.3, 0.4) is 0 Å². The van der Waals surface area contributed by atoms with Crippen LogP contribution >= 0.6 is 0 Å². The van der Waals surface area contributed by atoms with Crippen molar-refractivity contribution >= 4 is 22.0 Å². The van der Waals surface area contributed by atoms with E-state index in [0.717, 1.165) is 6.07 Å². The number of carbonyl (C=O) groups is 2. The Morgan fingerprint density at radius 2 is 2.05 bits per heavy atom. The van der Waals surface area contributed by atoms with Crippen LogP contribution < -0.4 is 4.72 Å². The summed E-state index contributed by atoms with van der Waals surface area (Å²) in [5, 5.41) is 8.99. The molecule has 1 rings (SSSR count). The standard InChI is InChI=1S/C13H17NO6S/c1-3-5-11(12(15)16)14-21(18,19)10-7-4-6-9(8-10)13(17)20-2/h4,6-8,11,14H,3,5H2,1-2H3,(H,15,16). The third-order valence-corrected chi connectivity index (χ3v) is 4.21. The van der Waals surface area contributed by atoms with Crippen LogP contribution in [0.25, 0.3) is 0 Å². The number of aliphatic carboxylic acids is 1. The van der Waals surface area contributed by atoms with Gasteiger partial charge in [0.1, 0.15) is 6.04 Å². The molecule has 116 valence electrons. The van der Waals surface area contributed by atoms with Gasteiger partial charge in [-0.1, -0.05) is 19.4 Å². The number of hydrogen-bond donors (Lipinski definition) is 2. The number of nitrogens with one attached hydrogen (secondary N) is 1. The van der Waals surface area contributed by atoms with Crippen LogP contribution in [0.15, 0.2) is 29.2 Å². The lowest BCUT2D eigenvalue weighted by Crippen LogP contribution is -2.40. The molecule has 8 heteroatoms. The first-order chi connectivity index (χ1) is 9.81. The van der Waals surface area contributed by atoms with E-state index in [9.17, 15) is 18.0 Å². The molecule has 1 unspecified atom stereocenters. The molecule has 0 bridgehead atoms. The van der Waals surface area contributed by atoms with E-state index in [1.54, 1.807) is 6.92 Å². The molecule has 0 saturated heterocycles. The van der Waals surface area contributed by atoms with E-state index in [0.29, 0.717) is 6.42 Å². The van der Waals surface area contributed by atoms with E-state index in [1.165, 1.54) is 25.3 Å². The van der Waals surface area contributed by atoms with Gasteiger partial charge in [-0.25, -0.2) is 13.2 Å². The summed E-state index contributed by atoms with van der Waals surface area (Å²) < 4.78 is 30.9. The highest BCUT2D eigenvalue weighted by atomic mass is 32.2. The van der Waals surface area contributed by atoms with Gasteiger partial charge in [-0.3, -0.25) is 4.79 Å². The number of sulfonamides is 1. The van der Waals surface area contributed by atoms with Crippen molar-refractivity contribution in [3.63, 3.8) is 0 Å². The third-order valence-electron chi connectivity index (χ3n) is 2.74. The van der Waals surface area contributed by atoms with E-state index >= 15 is 0 Å². The SMILES string of the molecule is CCCC(NS(=O)(=O)c1cccc(C(=O)OC)c1)C(=O)O. The quantitative estimate of drug-likeness (QED) is 0.727. The summed E-state index contributed by atoms with van der Waals surface area (Å²) in [6.45, 7) is 1.75. The highest BCUT2D eigenvalue weighted by Gasteiger charge is 2.25. The van der Waals surface area contributed by atoms with E-state index in [1.807, 2.05) is 0 Å². The Morgan fingerprint density at radius 3 is 2.57 bits per heavy atom. The number of esters is 1. The lowest BCUT2D eigenvalue weighted by Gasteiger charge is -2.14. The minimum Gasteiger partial charge on any atom is -0.480 e. The molecule has 2 N–H and O–H groups in total. The molecule has 0 radical (unpaired) electrons. The van der Waals surface area contributed by atoms with Crippen LogP contribution in [0.1, 0.15) is 30.1 Å². The van der Waals surface area contributed by atoms with Gasteiger partial charge in [-0.05, 0) is 24.6 Å². The summed E-state index contributed by atoms with van der Waals surface area (Å²) in [6.07, 6.45) is 0.687. The van der Waals surface area contributed by atoms with Crippen LogP contribution in [0.2, 0.25) is 0 Å². The Hall–Kier alpha value is -1.93. The normalized spacial score (nSPS) is 12.7. The molecule has 0 saturated carbocycles. The molecule has 21 heavy (non-hydrogen) atoms. The summed E-state index contributed by atoms with van der Waals surface area (Å²) in [7, 11) is -2.85. The Morgan fingerprint density at radius 1 is 1.38 bits per heavy atom. The molecule has 7 nitrogen and oxygen atoms in total. The smallest absolute Gasteiger partial charge is 0.337 e. The van der Waals surface area contributed by atoms with Gasteiger partial charge in [0.05, 0.1) is 17.6 Å². The predicted molar refractivity (Wildman–Crippen MR) is 74.4 cm³/mol. The van der Waals surface area contributed by atoms with E-state index in [2.05, 4.69) is 9.46 Å². The Labute approximate surface area is 123 Å². The van der Waals surface area contributed by atoms with E-state index < -0.39 is 28.0 Å². The fourth-order valence-electron chi connectivity index (χ4n) is 1.68. The number of ether oxygens (including phenoxy) is 1. The number of rotatable bonds is 7. The van der Waals surface area contributed by atoms with Gasteiger partial charge in [0.2, 0.25) is 10.0 Å². The van der Waals surface area contributed by atoms with Crippen LogP contribution in [-0.4, -0.2) is 38.6 Å². The van der Waals surface area contributed by atoms with Gasteiger partial charge in [-0.2, -0.15) is 4.72 Å². The first-order valence-corrected chi connectivity index (χ1v) is 7.73. The van der Waals surface area contributed by atoms with Gasteiger partial charge in [0.15, 0.2) is 0 Å². The molecule has 1 aromatic carbocycles. The molecule has 0 heterocycles. The maximum absolute atomic E-state index is 12.2. The number of hydrogen-bond acceptors (Lipinski definition) is 5. The van der Waals surface area contributed by atoms with Gasteiger partial charge in [0.25, 0.3) is 0 Å². The lowest BCUT2D eigenvalue weighted by atomic mass is 10.2. The lowest BCUT2D eigenvalue weighted by molar-refractivity contribution is -0.139. The fourth-order valence-corrected chi connectivity index (χ4v) is 2.95. The molecule has 0 aliphatic carbocycles. The summed E-state index contributed by atoms with van der Waals surface area (Å²) in [5.41, 5.74) is 0.0720. The van der Waals surface area contributed by atoms with Gasteiger partial charge in [0, 0.05) is 0 Å². The second-order valence-electron chi connectivity index (χ2n) is 4.32. The van der Waals surface area contributed by atoms with Gasteiger partial charge >= 0.3 is 11.9 Å². The van der Waals surface area contributed by atoms with Crippen molar-refractivity contribution in [2.45, 2.75) is 30.7 Å². The highest BCUT2D eigenvalue weighted by Crippen LogP contribution is 2.14. The zero-order chi connectivity index (χ0) is 16.0. The maximum atomic E-state index is 12.2. The molecule has 0 amide bonds. The zero-order valence-electron chi connectivity index (χ0n) is 11.7. The Bertz CT molecular complexity index is 625. The first-order valence-electron chi connectivity index (χ1n) is 6.25. The van der Waals surface area contributed by atoms with Gasteiger partial charge < -0.3 is 9.84 Å². The van der Waals surface area contributed by atoms with Crippen molar-refractivity contribution in [2.24, 2.45) is 0 Å². The first kappa shape index (κ1) is 17.1. The summed E-state index contributed by atoms with van der Waals surface area (Å²) in [6, 6.07) is 4.00. The number of carbonyl (C=O) groups excluding carboxylic acids is 1. The monoisotopic (exact) mass is 315 g/mol. The number of benzene rings is 1. The second-order valence-corrected chi connectivity index (χ2v) is 6.03. The van der Waals surface area contributed by atoms with E-state index in [4.69, 9.17) is 5.11 Å². The van der Waals surface area contributed by atoms with Crippen LogP contribution in [0.4, 0.5) is 0 Å². The van der Waals surface area contributed by atoms with Crippen molar-refractivity contribution in [3.8, 4) is 0 Å². The van der Waals surface area contributed by atoms with E-state index in [-0.39, 0.29) is 16.9 Å². The number of carboxylic acid groups (broad SMARTS) is 1. The molecule has 0 spiro atoms. The molecular weight excluding hydrogens is 298 g/mol. The topological polar surface area (TPSA) is 110 Å². The molecule has 1 atom stereocenters. The molecule has 0 aliphatic rings. The van der Waals surface area contributed by atoms with Crippen molar-refractivity contribution in [1.82, 2.24) is 4.72 Å². The average molecular weight is 315 g/mol. The second kappa shape index (κ2) is 7.19.